The SMILES string of the molecule is CC(=O)Nc1ccc(Nc2nc3c(S(=O)(=O)c4ccccc4)nnn3c3ccsc23)cc1. The van der Waals surface area contributed by atoms with Crippen molar-refractivity contribution in [2.24, 2.45) is 0 Å². The quantitative estimate of drug-likeness (QED) is 0.405. The third kappa shape index (κ3) is 3.47. The van der Waals surface area contributed by atoms with Gasteiger partial charge in [0.1, 0.15) is 0 Å². The summed E-state index contributed by atoms with van der Waals surface area (Å²) in [6.45, 7) is 1.44. The average molecular weight is 465 g/mol. The van der Waals surface area contributed by atoms with Crippen LogP contribution in [0.1, 0.15) is 6.92 Å². The number of nitrogens with one attached hydrogen (secondary N) is 2. The Morgan fingerprint density at radius 3 is 2.44 bits per heavy atom. The summed E-state index contributed by atoms with van der Waals surface area (Å²) in [5, 5.41) is 15.6. The number of fused-ring (bicyclic) bond motifs is 3. The fraction of sp³-hybridized carbons (Fsp3) is 0.0476. The van der Waals surface area contributed by atoms with Gasteiger partial charge in [0, 0.05) is 18.3 Å². The summed E-state index contributed by atoms with van der Waals surface area (Å²) in [4.78, 5) is 15.9. The maximum atomic E-state index is 13.2. The van der Waals surface area contributed by atoms with Gasteiger partial charge in [-0.3, -0.25) is 4.79 Å². The van der Waals surface area contributed by atoms with Crippen molar-refractivity contribution in [3.8, 4) is 0 Å². The summed E-state index contributed by atoms with van der Waals surface area (Å²) < 4.78 is 28.6. The van der Waals surface area contributed by atoms with E-state index in [-0.39, 0.29) is 21.5 Å². The second-order valence-electron chi connectivity index (χ2n) is 6.93. The Bertz CT molecular complexity index is 1560. The van der Waals surface area contributed by atoms with E-state index < -0.39 is 9.84 Å². The molecule has 2 N–H and O–H groups in total. The molecule has 0 unspecified atom stereocenters. The number of nitrogens with zero attached hydrogens (tertiary/aromatic N) is 4. The second-order valence-corrected chi connectivity index (χ2v) is 9.71. The molecule has 160 valence electrons. The molecular formula is C21H16N6O3S2. The van der Waals surface area contributed by atoms with E-state index in [0.29, 0.717) is 17.0 Å². The predicted molar refractivity (Wildman–Crippen MR) is 122 cm³/mol. The molecule has 0 bridgehead atoms. The molecule has 3 heterocycles. The van der Waals surface area contributed by atoms with Gasteiger partial charge in [-0.15, -0.1) is 16.4 Å². The van der Waals surface area contributed by atoms with Crippen LogP contribution in [0.5, 0.6) is 0 Å². The van der Waals surface area contributed by atoms with Gasteiger partial charge in [-0.2, -0.15) is 4.52 Å². The number of hydrogen-bond acceptors (Lipinski definition) is 8. The molecule has 0 atom stereocenters. The number of benzene rings is 2. The average Bonchev–Trinajstić information content (AvgIpc) is 3.43. The number of aromatic nitrogens is 4. The minimum absolute atomic E-state index is 0.123. The summed E-state index contributed by atoms with van der Waals surface area (Å²) in [7, 11) is -3.90. The number of carbonyl (C=O) groups excluding carboxylic acids is 1. The first-order valence-corrected chi connectivity index (χ1v) is 11.9. The van der Waals surface area contributed by atoms with Crippen molar-refractivity contribution in [2.45, 2.75) is 16.8 Å². The van der Waals surface area contributed by atoms with E-state index in [1.165, 1.54) is 34.9 Å². The summed E-state index contributed by atoms with van der Waals surface area (Å²) in [6, 6.07) is 17.0. The van der Waals surface area contributed by atoms with E-state index in [9.17, 15) is 13.2 Å². The molecular weight excluding hydrogens is 448 g/mol. The zero-order valence-electron chi connectivity index (χ0n) is 16.7. The lowest BCUT2D eigenvalue weighted by molar-refractivity contribution is -0.114. The zero-order valence-corrected chi connectivity index (χ0v) is 18.3. The standard InChI is InChI=1S/C21H16N6O3S2/c1-13(28)22-14-7-9-15(10-8-14)23-19-18-17(11-12-31-18)27-20(24-19)21(25-26-27)32(29,30)16-5-3-2-4-6-16/h2-12H,1H3,(H,22,28)(H,23,24). The molecule has 2 aromatic carbocycles. The van der Waals surface area contributed by atoms with Crippen molar-refractivity contribution in [3.05, 3.63) is 66.0 Å². The minimum atomic E-state index is -3.90. The van der Waals surface area contributed by atoms with Crippen LogP contribution in [0.4, 0.5) is 17.2 Å². The monoisotopic (exact) mass is 464 g/mol. The summed E-state index contributed by atoms with van der Waals surface area (Å²) >= 11 is 1.45. The minimum Gasteiger partial charge on any atom is -0.339 e. The highest BCUT2D eigenvalue weighted by molar-refractivity contribution is 7.91. The third-order valence-corrected chi connectivity index (χ3v) is 7.27. The van der Waals surface area contributed by atoms with Crippen molar-refractivity contribution in [3.63, 3.8) is 0 Å². The largest absolute Gasteiger partial charge is 0.339 e. The van der Waals surface area contributed by atoms with Crippen molar-refractivity contribution in [2.75, 3.05) is 10.6 Å². The highest BCUT2D eigenvalue weighted by atomic mass is 32.2. The van der Waals surface area contributed by atoms with Gasteiger partial charge in [0.2, 0.25) is 20.8 Å². The Hall–Kier alpha value is -3.83. The highest BCUT2D eigenvalue weighted by Gasteiger charge is 2.27. The van der Waals surface area contributed by atoms with E-state index in [0.717, 1.165) is 10.4 Å². The van der Waals surface area contributed by atoms with Gasteiger partial charge in [0.25, 0.3) is 0 Å². The molecule has 1 amide bonds. The van der Waals surface area contributed by atoms with Crippen LogP contribution in [0.3, 0.4) is 0 Å². The highest BCUT2D eigenvalue weighted by Crippen LogP contribution is 2.32. The first kappa shape index (κ1) is 20.1. The van der Waals surface area contributed by atoms with Crippen LogP contribution in [0.25, 0.3) is 15.9 Å². The third-order valence-electron chi connectivity index (χ3n) is 4.70. The molecule has 0 fully saturated rings. The number of hydrogen-bond donors (Lipinski definition) is 2. The number of rotatable bonds is 5. The second kappa shape index (κ2) is 7.70. The van der Waals surface area contributed by atoms with Crippen LogP contribution in [-0.2, 0) is 14.6 Å². The molecule has 0 aliphatic rings. The molecule has 0 saturated carbocycles. The lowest BCUT2D eigenvalue weighted by atomic mass is 10.2. The molecule has 11 heteroatoms. The Morgan fingerprint density at radius 2 is 1.72 bits per heavy atom. The van der Waals surface area contributed by atoms with Gasteiger partial charge in [0.05, 0.1) is 15.1 Å². The van der Waals surface area contributed by atoms with Crippen molar-refractivity contribution < 1.29 is 13.2 Å². The Balaban J connectivity index is 1.61. The maximum absolute atomic E-state index is 13.2. The molecule has 0 saturated heterocycles. The number of anilines is 3. The fourth-order valence-corrected chi connectivity index (χ4v) is 5.34. The maximum Gasteiger partial charge on any atom is 0.229 e. The van der Waals surface area contributed by atoms with Crippen molar-refractivity contribution in [1.82, 2.24) is 19.8 Å². The van der Waals surface area contributed by atoms with Gasteiger partial charge >= 0.3 is 0 Å². The van der Waals surface area contributed by atoms with Crippen molar-refractivity contribution >= 4 is 60.1 Å². The smallest absolute Gasteiger partial charge is 0.229 e. The van der Waals surface area contributed by atoms with Crippen LogP contribution in [0.2, 0.25) is 0 Å². The van der Waals surface area contributed by atoms with E-state index in [2.05, 4.69) is 25.9 Å². The van der Waals surface area contributed by atoms with Crippen LogP contribution in [0.15, 0.2) is 76.0 Å². The van der Waals surface area contributed by atoms with Gasteiger partial charge in [-0.05, 0) is 47.8 Å². The van der Waals surface area contributed by atoms with Crippen LogP contribution >= 0.6 is 11.3 Å². The Kier molecular flexibility index (Phi) is 4.83. The number of sulfone groups is 1. The topological polar surface area (TPSA) is 118 Å². The van der Waals surface area contributed by atoms with Gasteiger partial charge in [-0.1, -0.05) is 23.4 Å². The zero-order chi connectivity index (χ0) is 22.3. The number of thiophene rings is 1. The summed E-state index contributed by atoms with van der Waals surface area (Å²) in [5.41, 5.74) is 2.23. The van der Waals surface area contributed by atoms with E-state index in [1.54, 1.807) is 42.5 Å². The van der Waals surface area contributed by atoms with E-state index in [4.69, 9.17) is 0 Å². The molecule has 5 aromatic rings. The molecule has 0 radical (unpaired) electrons. The van der Waals surface area contributed by atoms with Crippen LogP contribution in [-0.4, -0.2) is 34.1 Å². The van der Waals surface area contributed by atoms with Crippen LogP contribution < -0.4 is 10.6 Å². The van der Waals surface area contributed by atoms with Gasteiger partial charge in [0.15, 0.2) is 11.5 Å². The molecule has 32 heavy (non-hydrogen) atoms. The first-order chi connectivity index (χ1) is 15.4. The number of amides is 1. The molecule has 0 aliphatic heterocycles. The Labute approximate surface area is 186 Å². The predicted octanol–water partition coefficient (Wildman–Crippen LogP) is 3.87. The van der Waals surface area contributed by atoms with Crippen LogP contribution in [0, 0.1) is 0 Å². The Morgan fingerprint density at radius 1 is 1.00 bits per heavy atom. The lowest BCUT2D eigenvalue weighted by Crippen LogP contribution is -2.06. The van der Waals surface area contributed by atoms with E-state index >= 15 is 0 Å². The molecule has 9 nitrogen and oxygen atoms in total. The summed E-state index contributed by atoms with van der Waals surface area (Å²) in [6.07, 6.45) is 0. The van der Waals surface area contributed by atoms with E-state index in [1.807, 2.05) is 11.4 Å². The van der Waals surface area contributed by atoms with Gasteiger partial charge < -0.3 is 10.6 Å². The molecule has 0 spiro atoms. The number of carbonyl (C=O) groups is 1. The normalized spacial score (nSPS) is 11.7. The first-order valence-electron chi connectivity index (χ1n) is 9.51. The molecule has 5 rings (SSSR count). The molecule has 0 aliphatic carbocycles. The fourth-order valence-electron chi connectivity index (χ4n) is 3.27. The van der Waals surface area contributed by atoms with Gasteiger partial charge in [-0.25, -0.2) is 13.4 Å². The summed E-state index contributed by atoms with van der Waals surface area (Å²) in [5.74, 6) is 0.333. The molecule has 3 aromatic heterocycles. The lowest BCUT2D eigenvalue weighted by Gasteiger charge is -2.09. The van der Waals surface area contributed by atoms with Crippen molar-refractivity contribution in [1.29, 1.82) is 0 Å².